The van der Waals surface area contributed by atoms with Crippen LogP contribution in [0.1, 0.15) is 32.1 Å². The topological polar surface area (TPSA) is 85.1 Å². The van der Waals surface area contributed by atoms with Gasteiger partial charge in [0.15, 0.2) is 0 Å². The van der Waals surface area contributed by atoms with E-state index in [4.69, 9.17) is 5.26 Å². The van der Waals surface area contributed by atoms with Crippen molar-refractivity contribution in [3.05, 3.63) is 24.5 Å². The minimum absolute atomic E-state index is 0. The van der Waals surface area contributed by atoms with Crippen molar-refractivity contribution in [2.45, 2.75) is 32.1 Å². The molecule has 2 heterocycles. The summed E-state index contributed by atoms with van der Waals surface area (Å²) in [5.74, 6) is 1.36. The Labute approximate surface area is 144 Å². The summed E-state index contributed by atoms with van der Waals surface area (Å²) in [6.45, 7) is 3.15. The predicted molar refractivity (Wildman–Crippen MR) is 95.6 cm³/mol. The van der Waals surface area contributed by atoms with Crippen LogP contribution in [-0.2, 0) is 0 Å². The highest BCUT2D eigenvalue weighted by molar-refractivity contribution is 5.93. The fraction of sp³-hybridized carbons (Fsp3) is 0.562. The van der Waals surface area contributed by atoms with Gasteiger partial charge >= 0.3 is 0 Å². The molecule has 0 spiro atoms. The van der Waals surface area contributed by atoms with Gasteiger partial charge in [-0.25, -0.2) is 0 Å². The van der Waals surface area contributed by atoms with Gasteiger partial charge in [0.05, 0.1) is 11.9 Å². The molecule has 0 aromatic carbocycles. The third-order valence-corrected chi connectivity index (χ3v) is 3.88. The van der Waals surface area contributed by atoms with Gasteiger partial charge in [-0.15, -0.1) is 17.4 Å². The summed E-state index contributed by atoms with van der Waals surface area (Å²) in [4.78, 5) is 7.80. The number of nitrogens with zero attached hydrogens (tertiary/aromatic N) is 3. The van der Waals surface area contributed by atoms with Gasteiger partial charge in [0.2, 0.25) is 12.2 Å². The van der Waals surface area contributed by atoms with E-state index in [2.05, 4.69) is 25.9 Å². The highest BCUT2D eigenvalue weighted by atomic mass is 35.5. The summed E-state index contributed by atoms with van der Waals surface area (Å²) >= 11 is 0. The minimum atomic E-state index is 0. The molecule has 1 aromatic heterocycles. The summed E-state index contributed by atoms with van der Waals surface area (Å²) < 4.78 is 0. The normalized spacial score (nSPS) is 15.3. The van der Waals surface area contributed by atoms with Crippen LogP contribution in [0.5, 0.6) is 0 Å². The molecule has 0 atom stereocenters. The maximum absolute atomic E-state index is 8.75. The maximum atomic E-state index is 8.75. The van der Waals surface area contributed by atoms with Gasteiger partial charge in [0.1, 0.15) is 0 Å². The first-order chi connectivity index (χ1) is 10.9. The fourth-order valence-electron chi connectivity index (χ4n) is 2.67. The third-order valence-electron chi connectivity index (χ3n) is 3.88. The number of nitriles is 1. The number of aromatic nitrogens is 1. The van der Waals surface area contributed by atoms with Crippen LogP contribution in [0.3, 0.4) is 0 Å². The van der Waals surface area contributed by atoms with Crippen molar-refractivity contribution in [2.75, 3.05) is 25.0 Å². The average molecular weight is 337 g/mol. The molecule has 0 saturated carbocycles. The number of guanidine groups is 1. The highest BCUT2D eigenvalue weighted by Crippen LogP contribution is 2.18. The molecular formula is C16H25ClN6. The molecule has 7 heteroatoms. The van der Waals surface area contributed by atoms with E-state index in [1.165, 1.54) is 25.7 Å². The van der Waals surface area contributed by atoms with Crippen molar-refractivity contribution in [3.8, 4) is 6.19 Å². The summed E-state index contributed by atoms with van der Waals surface area (Å²) in [6.07, 6.45) is 11.4. The second-order valence-electron chi connectivity index (χ2n) is 5.54. The van der Waals surface area contributed by atoms with E-state index in [0.29, 0.717) is 5.96 Å². The van der Waals surface area contributed by atoms with Gasteiger partial charge in [-0.1, -0.05) is 12.8 Å². The van der Waals surface area contributed by atoms with Gasteiger partial charge in [0, 0.05) is 12.7 Å². The van der Waals surface area contributed by atoms with Crippen molar-refractivity contribution < 1.29 is 0 Å². The number of aliphatic imine (C=N–C) groups is 1. The highest BCUT2D eigenvalue weighted by Gasteiger charge is 2.11. The Kier molecular flexibility index (Phi) is 9.76. The molecule has 0 amide bonds. The number of halogens is 1. The Morgan fingerprint density at radius 3 is 2.91 bits per heavy atom. The standard InChI is InChI=1S/C16H24N6.ClH/c17-13-21-16(22-15-5-3-8-19-12-15)20-9-2-1-4-14-6-10-18-11-7-14;/h3,5,8,12,14,18H,1-2,4,6-7,9-11H2,(H2,20,21,22);1H. The molecule has 2 rings (SSSR count). The number of anilines is 1. The Hall–Kier alpha value is -1.84. The zero-order valence-electron chi connectivity index (χ0n) is 13.3. The van der Waals surface area contributed by atoms with Crippen LogP contribution in [-0.4, -0.2) is 30.6 Å². The summed E-state index contributed by atoms with van der Waals surface area (Å²) in [7, 11) is 0. The molecule has 1 saturated heterocycles. The summed E-state index contributed by atoms with van der Waals surface area (Å²) in [5, 5.41) is 18.4. The molecule has 1 aliphatic heterocycles. The number of unbranched alkanes of at least 4 members (excludes halogenated alkanes) is 1. The average Bonchev–Trinajstić information content (AvgIpc) is 2.56. The monoisotopic (exact) mass is 336 g/mol. The minimum Gasteiger partial charge on any atom is -0.355 e. The molecule has 23 heavy (non-hydrogen) atoms. The SMILES string of the molecule is Cl.N#C/N=C(\NCCCCC1CCNCC1)Nc1cccnc1. The van der Waals surface area contributed by atoms with E-state index in [1.807, 2.05) is 18.3 Å². The molecule has 0 aliphatic carbocycles. The first-order valence-electron chi connectivity index (χ1n) is 7.97. The molecule has 6 nitrogen and oxygen atoms in total. The lowest BCUT2D eigenvalue weighted by atomic mass is 9.92. The Bertz CT molecular complexity index is 493. The maximum Gasteiger partial charge on any atom is 0.211 e. The summed E-state index contributed by atoms with van der Waals surface area (Å²) in [5.41, 5.74) is 0.818. The van der Waals surface area contributed by atoms with E-state index in [9.17, 15) is 0 Å². The van der Waals surface area contributed by atoms with Gasteiger partial charge in [-0.05, 0) is 50.4 Å². The predicted octanol–water partition coefficient (Wildman–Crippen LogP) is 2.51. The van der Waals surface area contributed by atoms with Crippen molar-refractivity contribution in [1.82, 2.24) is 15.6 Å². The second kappa shape index (κ2) is 11.7. The number of hydrogen-bond acceptors (Lipinski definition) is 4. The van der Waals surface area contributed by atoms with Crippen LogP contribution in [0.15, 0.2) is 29.5 Å². The number of pyridine rings is 1. The van der Waals surface area contributed by atoms with Crippen LogP contribution in [0.25, 0.3) is 0 Å². The molecule has 126 valence electrons. The van der Waals surface area contributed by atoms with Crippen LogP contribution in [0, 0.1) is 17.4 Å². The number of nitrogens with one attached hydrogen (secondary N) is 3. The van der Waals surface area contributed by atoms with Crippen molar-refractivity contribution in [1.29, 1.82) is 5.26 Å². The van der Waals surface area contributed by atoms with Gasteiger partial charge < -0.3 is 16.0 Å². The first kappa shape index (κ1) is 19.2. The van der Waals surface area contributed by atoms with Crippen LogP contribution < -0.4 is 16.0 Å². The van der Waals surface area contributed by atoms with Crippen LogP contribution >= 0.6 is 12.4 Å². The second-order valence-corrected chi connectivity index (χ2v) is 5.54. The van der Waals surface area contributed by atoms with Gasteiger partial charge in [-0.2, -0.15) is 5.26 Å². The Morgan fingerprint density at radius 2 is 2.22 bits per heavy atom. The zero-order valence-corrected chi connectivity index (χ0v) is 14.1. The smallest absolute Gasteiger partial charge is 0.211 e. The van der Waals surface area contributed by atoms with Crippen LogP contribution in [0.2, 0.25) is 0 Å². The van der Waals surface area contributed by atoms with E-state index < -0.39 is 0 Å². The van der Waals surface area contributed by atoms with E-state index >= 15 is 0 Å². The number of hydrogen-bond donors (Lipinski definition) is 3. The lowest BCUT2D eigenvalue weighted by Crippen LogP contribution is -2.31. The van der Waals surface area contributed by atoms with Crippen molar-refractivity contribution in [3.63, 3.8) is 0 Å². The van der Waals surface area contributed by atoms with Crippen molar-refractivity contribution in [2.24, 2.45) is 10.9 Å². The quantitative estimate of drug-likeness (QED) is 0.322. The molecule has 0 unspecified atom stereocenters. The molecule has 0 radical (unpaired) electrons. The molecule has 1 aliphatic rings. The lowest BCUT2D eigenvalue weighted by molar-refractivity contribution is 0.344. The van der Waals surface area contributed by atoms with E-state index in [1.54, 1.807) is 12.4 Å². The van der Waals surface area contributed by atoms with Crippen LogP contribution in [0.4, 0.5) is 5.69 Å². The van der Waals surface area contributed by atoms with E-state index in [-0.39, 0.29) is 12.4 Å². The largest absolute Gasteiger partial charge is 0.355 e. The third kappa shape index (κ3) is 7.82. The number of rotatable bonds is 6. The van der Waals surface area contributed by atoms with Gasteiger partial charge in [0.25, 0.3) is 0 Å². The van der Waals surface area contributed by atoms with Gasteiger partial charge in [-0.3, -0.25) is 4.98 Å². The zero-order chi connectivity index (χ0) is 15.5. The van der Waals surface area contributed by atoms with Crippen molar-refractivity contribution >= 4 is 24.1 Å². The molecule has 3 N–H and O–H groups in total. The molecule has 1 aromatic rings. The molecule has 1 fully saturated rings. The molecular weight excluding hydrogens is 312 g/mol. The van der Waals surface area contributed by atoms with E-state index in [0.717, 1.165) is 37.7 Å². The molecule has 0 bridgehead atoms. The Morgan fingerprint density at radius 1 is 1.39 bits per heavy atom. The lowest BCUT2D eigenvalue weighted by Gasteiger charge is -2.22. The first-order valence-corrected chi connectivity index (χ1v) is 7.97. The number of piperidine rings is 1. The fourth-order valence-corrected chi connectivity index (χ4v) is 2.67. The Balaban J connectivity index is 0.00000264. The summed E-state index contributed by atoms with van der Waals surface area (Å²) in [6, 6.07) is 3.73.